The maximum absolute atomic E-state index is 12.6. The predicted octanol–water partition coefficient (Wildman–Crippen LogP) is 3.84. The zero-order valence-corrected chi connectivity index (χ0v) is 13.2. The van der Waals surface area contributed by atoms with Crippen LogP contribution in [0.3, 0.4) is 0 Å². The lowest BCUT2D eigenvalue weighted by Crippen LogP contribution is -2.12. The Morgan fingerprint density at radius 3 is 2.71 bits per heavy atom. The molecule has 0 unspecified atom stereocenters. The van der Waals surface area contributed by atoms with Crippen LogP contribution < -0.4 is 5.32 Å². The van der Waals surface area contributed by atoms with Crippen molar-refractivity contribution >= 4 is 23.1 Å². The molecule has 6 nitrogen and oxygen atoms in total. The maximum atomic E-state index is 12.6. The van der Waals surface area contributed by atoms with E-state index in [-0.39, 0.29) is 5.91 Å². The number of carbonyl (C=O) groups is 1. The standard InChI is InChI=1S/C17H12N4O2S/c22-17(18-15-8-9-23-20-15)13-11-21(12-5-2-1-3-6-12)19-16(13)14-7-4-10-24-14/h1-11H,(H,18,20,22). The van der Waals surface area contributed by atoms with Crippen molar-refractivity contribution in [1.82, 2.24) is 14.9 Å². The summed E-state index contributed by atoms with van der Waals surface area (Å²) < 4.78 is 6.45. The van der Waals surface area contributed by atoms with Crippen LogP contribution in [0.15, 0.2) is 70.9 Å². The first-order valence-corrected chi connectivity index (χ1v) is 8.10. The minimum absolute atomic E-state index is 0.283. The van der Waals surface area contributed by atoms with E-state index in [0.29, 0.717) is 17.1 Å². The van der Waals surface area contributed by atoms with Crippen molar-refractivity contribution in [1.29, 1.82) is 0 Å². The van der Waals surface area contributed by atoms with Gasteiger partial charge in [0, 0.05) is 12.3 Å². The van der Waals surface area contributed by atoms with Crippen molar-refractivity contribution in [2.24, 2.45) is 0 Å². The van der Waals surface area contributed by atoms with Gasteiger partial charge in [0.2, 0.25) is 0 Å². The molecule has 0 fully saturated rings. The van der Waals surface area contributed by atoms with Crippen LogP contribution in [0.5, 0.6) is 0 Å². The van der Waals surface area contributed by atoms with Gasteiger partial charge in [-0.05, 0) is 23.6 Å². The van der Waals surface area contributed by atoms with Crippen LogP contribution in [0, 0.1) is 0 Å². The summed E-state index contributed by atoms with van der Waals surface area (Å²) in [6, 6.07) is 15.1. The normalized spacial score (nSPS) is 10.7. The van der Waals surface area contributed by atoms with Gasteiger partial charge in [0.05, 0.1) is 16.1 Å². The summed E-state index contributed by atoms with van der Waals surface area (Å²) >= 11 is 1.53. The Bertz CT molecular complexity index is 944. The highest BCUT2D eigenvalue weighted by Crippen LogP contribution is 2.28. The van der Waals surface area contributed by atoms with Crippen molar-refractivity contribution in [2.75, 3.05) is 5.32 Å². The van der Waals surface area contributed by atoms with Crippen LogP contribution >= 0.6 is 11.3 Å². The Kier molecular flexibility index (Phi) is 3.68. The second-order valence-electron chi connectivity index (χ2n) is 4.99. The van der Waals surface area contributed by atoms with Crippen molar-refractivity contribution in [2.45, 2.75) is 0 Å². The van der Waals surface area contributed by atoms with E-state index in [4.69, 9.17) is 4.52 Å². The number of rotatable bonds is 4. The smallest absolute Gasteiger partial charge is 0.260 e. The average molecular weight is 336 g/mol. The lowest BCUT2D eigenvalue weighted by atomic mass is 10.2. The SMILES string of the molecule is O=C(Nc1ccon1)c1cn(-c2ccccc2)nc1-c1cccs1. The van der Waals surface area contributed by atoms with Crippen molar-refractivity contribution in [3.8, 4) is 16.3 Å². The average Bonchev–Trinajstić information content (AvgIpc) is 3.36. The summed E-state index contributed by atoms with van der Waals surface area (Å²) in [5.41, 5.74) is 2.00. The molecule has 3 aromatic heterocycles. The molecule has 0 aliphatic rings. The zero-order valence-electron chi connectivity index (χ0n) is 12.4. The molecule has 118 valence electrons. The molecule has 0 radical (unpaired) electrons. The van der Waals surface area contributed by atoms with Crippen LogP contribution in [0.2, 0.25) is 0 Å². The number of para-hydroxylation sites is 1. The van der Waals surface area contributed by atoms with Crippen molar-refractivity contribution in [3.63, 3.8) is 0 Å². The van der Waals surface area contributed by atoms with E-state index >= 15 is 0 Å². The number of hydrogen-bond donors (Lipinski definition) is 1. The fourth-order valence-electron chi connectivity index (χ4n) is 2.31. The molecule has 7 heteroatoms. The van der Waals surface area contributed by atoms with Crippen LogP contribution in [0.1, 0.15) is 10.4 Å². The Hall–Kier alpha value is -3.19. The second-order valence-corrected chi connectivity index (χ2v) is 5.94. The molecule has 0 bridgehead atoms. The third-order valence-corrected chi connectivity index (χ3v) is 4.29. The number of anilines is 1. The minimum atomic E-state index is -0.283. The molecule has 1 aromatic carbocycles. The molecule has 0 saturated carbocycles. The molecule has 4 rings (SSSR count). The van der Waals surface area contributed by atoms with Crippen LogP contribution in [-0.2, 0) is 0 Å². The maximum Gasteiger partial charge on any atom is 0.260 e. The summed E-state index contributed by atoms with van der Waals surface area (Å²) in [7, 11) is 0. The quantitative estimate of drug-likeness (QED) is 0.614. The molecule has 0 aliphatic carbocycles. The Labute approximate surface area is 141 Å². The van der Waals surface area contributed by atoms with Gasteiger partial charge in [-0.15, -0.1) is 11.3 Å². The lowest BCUT2D eigenvalue weighted by molar-refractivity contribution is 0.102. The van der Waals surface area contributed by atoms with Gasteiger partial charge in [-0.25, -0.2) is 4.68 Å². The number of nitrogens with zero attached hydrogens (tertiary/aromatic N) is 3. The molecular formula is C17H12N4O2S. The van der Waals surface area contributed by atoms with E-state index in [1.807, 2.05) is 47.8 Å². The highest BCUT2D eigenvalue weighted by atomic mass is 32.1. The summed E-state index contributed by atoms with van der Waals surface area (Å²) in [6.07, 6.45) is 3.13. The highest BCUT2D eigenvalue weighted by molar-refractivity contribution is 7.13. The van der Waals surface area contributed by atoms with Crippen LogP contribution in [0.25, 0.3) is 16.3 Å². The van der Waals surface area contributed by atoms with E-state index in [0.717, 1.165) is 10.6 Å². The number of nitrogens with one attached hydrogen (secondary N) is 1. The topological polar surface area (TPSA) is 73.0 Å². The third kappa shape index (κ3) is 2.72. The van der Waals surface area contributed by atoms with Gasteiger partial charge < -0.3 is 9.84 Å². The van der Waals surface area contributed by atoms with Gasteiger partial charge in [-0.2, -0.15) is 5.10 Å². The molecule has 0 saturated heterocycles. The monoisotopic (exact) mass is 336 g/mol. The third-order valence-electron chi connectivity index (χ3n) is 3.41. The number of aromatic nitrogens is 3. The number of amides is 1. The fourth-order valence-corrected chi connectivity index (χ4v) is 3.03. The van der Waals surface area contributed by atoms with Gasteiger partial charge in [0.1, 0.15) is 12.0 Å². The first-order chi connectivity index (χ1) is 11.8. The Balaban J connectivity index is 1.76. The van der Waals surface area contributed by atoms with E-state index < -0.39 is 0 Å². The van der Waals surface area contributed by atoms with Gasteiger partial charge in [-0.1, -0.05) is 29.4 Å². The van der Waals surface area contributed by atoms with E-state index in [9.17, 15) is 4.79 Å². The highest BCUT2D eigenvalue weighted by Gasteiger charge is 2.20. The summed E-state index contributed by atoms with van der Waals surface area (Å²) in [5.74, 6) is 0.0825. The molecule has 0 aliphatic heterocycles. The van der Waals surface area contributed by atoms with Crippen molar-refractivity contribution in [3.05, 3.63) is 71.9 Å². The molecule has 4 aromatic rings. The zero-order chi connectivity index (χ0) is 16.4. The minimum Gasteiger partial charge on any atom is -0.363 e. The first-order valence-electron chi connectivity index (χ1n) is 7.22. The summed E-state index contributed by atoms with van der Waals surface area (Å²) in [5, 5.41) is 13.0. The van der Waals surface area contributed by atoms with E-state index in [1.165, 1.54) is 17.6 Å². The molecule has 24 heavy (non-hydrogen) atoms. The summed E-state index contributed by atoms with van der Waals surface area (Å²) in [4.78, 5) is 13.6. The summed E-state index contributed by atoms with van der Waals surface area (Å²) in [6.45, 7) is 0. The Morgan fingerprint density at radius 2 is 2.00 bits per heavy atom. The van der Waals surface area contributed by atoms with Gasteiger partial charge in [0.25, 0.3) is 5.91 Å². The molecule has 3 heterocycles. The van der Waals surface area contributed by atoms with E-state index in [2.05, 4.69) is 15.6 Å². The fraction of sp³-hybridized carbons (Fsp3) is 0. The van der Waals surface area contributed by atoms with Crippen LogP contribution in [-0.4, -0.2) is 20.8 Å². The lowest BCUT2D eigenvalue weighted by Gasteiger charge is -2.00. The number of hydrogen-bond acceptors (Lipinski definition) is 5. The number of carbonyl (C=O) groups excluding carboxylic acids is 1. The van der Waals surface area contributed by atoms with Gasteiger partial charge in [-0.3, -0.25) is 4.79 Å². The molecule has 0 atom stereocenters. The number of benzene rings is 1. The predicted molar refractivity (Wildman–Crippen MR) is 91.3 cm³/mol. The van der Waals surface area contributed by atoms with Crippen molar-refractivity contribution < 1.29 is 9.32 Å². The molecule has 0 spiro atoms. The molecular weight excluding hydrogens is 324 g/mol. The Morgan fingerprint density at radius 1 is 1.12 bits per heavy atom. The van der Waals surface area contributed by atoms with Crippen LogP contribution in [0.4, 0.5) is 5.82 Å². The molecule has 1 amide bonds. The largest absolute Gasteiger partial charge is 0.363 e. The molecule has 1 N–H and O–H groups in total. The van der Waals surface area contributed by atoms with E-state index in [1.54, 1.807) is 16.9 Å². The second kappa shape index (κ2) is 6.13. The van der Waals surface area contributed by atoms with Gasteiger partial charge in [0.15, 0.2) is 5.82 Å². The number of thiophene rings is 1. The first kappa shape index (κ1) is 14.4. The van der Waals surface area contributed by atoms with Gasteiger partial charge >= 0.3 is 0 Å².